The smallest absolute Gasteiger partial charge is 0.330 e. The first-order valence-electron chi connectivity index (χ1n) is 4.14. The third-order valence-corrected chi connectivity index (χ3v) is 2.12. The predicted molar refractivity (Wildman–Crippen MR) is 49.0 cm³/mol. The third-order valence-electron chi connectivity index (χ3n) is 2.12. The normalized spacial score (nSPS) is 19.2. The molecule has 0 saturated heterocycles. The molecule has 0 aromatic heterocycles. The lowest BCUT2D eigenvalue weighted by Crippen LogP contribution is -2.29. The summed E-state index contributed by atoms with van der Waals surface area (Å²) in [6.07, 6.45) is 1.29. The van der Waals surface area contributed by atoms with Crippen LogP contribution in [0.1, 0.15) is 17.2 Å². The van der Waals surface area contributed by atoms with E-state index in [4.69, 9.17) is 5.11 Å². The van der Waals surface area contributed by atoms with Gasteiger partial charge in [-0.2, -0.15) is 4.39 Å². The quantitative estimate of drug-likeness (QED) is 0.667. The molecule has 2 N–H and O–H groups in total. The highest BCUT2D eigenvalue weighted by Crippen LogP contribution is 2.26. The first-order valence-corrected chi connectivity index (χ1v) is 4.14. The van der Waals surface area contributed by atoms with Gasteiger partial charge in [0, 0.05) is 0 Å². The summed E-state index contributed by atoms with van der Waals surface area (Å²) in [5.41, 5.74) is 1.19. The molecule has 1 aromatic rings. The van der Waals surface area contributed by atoms with E-state index in [9.17, 15) is 9.18 Å². The minimum atomic E-state index is -1.08. The molecule has 0 radical (unpaired) electrons. The fraction of sp³-hybridized carbons (Fsp3) is 0.100. The molecule has 0 fully saturated rings. The molecular formula is C10H8FNO2. The number of fused-ring (bicyclic) bond motifs is 1. The average Bonchev–Trinajstić information content (AvgIpc) is 2.16. The van der Waals surface area contributed by atoms with Crippen LogP contribution in [0.15, 0.2) is 30.2 Å². The number of halogens is 1. The van der Waals surface area contributed by atoms with Crippen molar-refractivity contribution in [2.24, 2.45) is 0 Å². The van der Waals surface area contributed by atoms with Crippen LogP contribution in [0, 0.1) is 0 Å². The van der Waals surface area contributed by atoms with E-state index in [-0.39, 0.29) is 0 Å². The van der Waals surface area contributed by atoms with Gasteiger partial charge >= 0.3 is 5.97 Å². The summed E-state index contributed by atoms with van der Waals surface area (Å²) in [5, 5.41) is 11.1. The topological polar surface area (TPSA) is 49.3 Å². The Hall–Kier alpha value is -1.84. The van der Waals surface area contributed by atoms with Crippen molar-refractivity contribution in [1.29, 1.82) is 0 Å². The number of carbonyl (C=O) groups is 1. The van der Waals surface area contributed by atoms with E-state index in [1.165, 1.54) is 6.08 Å². The second kappa shape index (κ2) is 3.14. The van der Waals surface area contributed by atoms with Gasteiger partial charge in [0.15, 0.2) is 12.0 Å². The number of benzene rings is 1. The van der Waals surface area contributed by atoms with Crippen LogP contribution in [0.5, 0.6) is 0 Å². The summed E-state index contributed by atoms with van der Waals surface area (Å²) in [6, 6.07) is 5.84. The Kier molecular flexibility index (Phi) is 1.96. The Labute approximate surface area is 79.9 Å². The van der Waals surface area contributed by atoms with Crippen LogP contribution in [0.3, 0.4) is 0 Å². The Morgan fingerprint density at radius 3 is 2.86 bits per heavy atom. The predicted octanol–water partition coefficient (Wildman–Crippen LogP) is 1.68. The molecule has 0 aliphatic carbocycles. The Balaban J connectivity index is 2.53. The lowest BCUT2D eigenvalue weighted by molar-refractivity contribution is -0.139. The second-order valence-corrected chi connectivity index (χ2v) is 3.04. The van der Waals surface area contributed by atoms with E-state index < -0.39 is 18.0 Å². The van der Waals surface area contributed by atoms with Crippen molar-refractivity contribution < 1.29 is 14.3 Å². The Morgan fingerprint density at radius 1 is 1.43 bits per heavy atom. The summed E-state index contributed by atoms with van der Waals surface area (Å²) in [4.78, 5) is 10.8. The zero-order valence-electron chi connectivity index (χ0n) is 7.20. The van der Waals surface area contributed by atoms with Crippen LogP contribution in [0.2, 0.25) is 0 Å². The number of aliphatic carboxylic acids is 1. The second-order valence-electron chi connectivity index (χ2n) is 3.04. The summed E-state index contributed by atoms with van der Waals surface area (Å²) >= 11 is 0. The molecule has 1 atom stereocenters. The third kappa shape index (κ3) is 1.35. The lowest BCUT2D eigenvalue weighted by Gasteiger charge is -2.20. The molecule has 1 aromatic carbocycles. The standard InChI is InChI=1S/C10H8FNO2/c11-8-5-6-3-1-2-4-7(6)9(12-8)10(13)14/h1-5,9,12H,(H,13,14). The van der Waals surface area contributed by atoms with Crippen molar-refractivity contribution in [3.8, 4) is 0 Å². The zero-order chi connectivity index (χ0) is 10.1. The fourth-order valence-electron chi connectivity index (χ4n) is 1.49. The van der Waals surface area contributed by atoms with Crippen molar-refractivity contribution in [2.75, 3.05) is 0 Å². The van der Waals surface area contributed by atoms with Crippen LogP contribution in [-0.4, -0.2) is 11.1 Å². The van der Waals surface area contributed by atoms with E-state index in [0.717, 1.165) is 0 Å². The molecule has 0 saturated carbocycles. The monoisotopic (exact) mass is 193 g/mol. The molecule has 1 heterocycles. The molecule has 0 amide bonds. The van der Waals surface area contributed by atoms with Crippen molar-refractivity contribution in [2.45, 2.75) is 6.04 Å². The first-order chi connectivity index (χ1) is 6.68. The summed E-state index contributed by atoms with van der Waals surface area (Å²) < 4.78 is 13.0. The molecule has 4 heteroatoms. The minimum absolute atomic E-state index is 0.585. The number of carboxylic acids is 1. The lowest BCUT2D eigenvalue weighted by atomic mass is 9.98. The molecule has 1 unspecified atom stereocenters. The maximum atomic E-state index is 13.0. The van der Waals surface area contributed by atoms with Crippen LogP contribution in [0.4, 0.5) is 4.39 Å². The molecule has 1 aliphatic rings. The summed E-state index contributed by atoms with van der Waals surface area (Å²) in [7, 11) is 0. The number of carboxylic acid groups (broad SMARTS) is 1. The van der Waals surface area contributed by atoms with Gasteiger partial charge in [0.1, 0.15) is 0 Å². The molecular weight excluding hydrogens is 185 g/mol. The summed E-state index contributed by atoms with van der Waals surface area (Å²) in [6.45, 7) is 0. The number of hydrogen-bond donors (Lipinski definition) is 2. The molecule has 14 heavy (non-hydrogen) atoms. The van der Waals surface area contributed by atoms with E-state index >= 15 is 0 Å². The molecule has 72 valence electrons. The Morgan fingerprint density at radius 2 is 2.14 bits per heavy atom. The molecule has 3 nitrogen and oxygen atoms in total. The van der Waals surface area contributed by atoms with Crippen molar-refractivity contribution in [3.63, 3.8) is 0 Å². The van der Waals surface area contributed by atoms with Crippen LogP contribution in [0.25, 0.3) is 6.08 Å². The fourth-order valence-corrected chi connectivity index (χ4v) is 1.49. The van der Waals surface area contributed by atoms with Gasteiger partial charge < -0.3 is 10.4 Å². The van der Waals surface area contributed by atoms with E-state index in [2.05, 4.69) is 5.32 Å². The van der Waals surface area contributed by atoms with Gasteiger partial charge in [0.05, 0.1) is 0 Å². The van der Waals surface area contributed by atoms with Gasteiger partial charge in [-0.25, -0.2) is 4.79 Å². The molecule has 0 bridgehead atoms. The maximum Gasteiger partial charge on any atom is 0.330 e. The first kappa shape index (κ1) is 8.74. The summed E-state index contributed by atoms with van der Waals surface area (Å²) in [5.74, 6) is -1.70. The SMILES string of the molecule is O=C(O)C1NC(F)=Cc2ccccc21. The largest absolute Gasteiger partial charge is 0.479 e. The maximum absolute atomic E-state index is 13.0. The number of hydrogen-bond acceptors (Lipinski definition) is 2. The van der Waals surface area contributed by atoms with Crippen LogP contribution < -0.4 is 5.32 Å². The molecule has 0 spiro atoms. The Bertz CT molecular complexity index is 414. The van der Waals surface area contributed by atoms with Gasteiger partial charge in [-0.1, -0.05) is 24.3 Å². The van der Waals surface area contributed by atoms with Crippen molar-refractivity contribution in [3.05, 3.63) is 41.3 Å². The van der Waals surface area contributed by atoms with Gasteiger partial charge in [0.25, 0.3) is 0 Å². The van der Waals surface area contributed by atoms with Crippen LogP contribution in [-0.2, 0) is 4.79 Å². The van der Waals surface area contributed by atoms with Crippen LogP contribution >= 0.6 is 0 Å². The zero-order valence-corrected chi connectivity index (χ0v) is 7.20. The molecule has 1 aliphatic heterocycles. The van der Waals surface area contributed by atoms with Gasteiger partial charge in [-0.3, -0.25) is 0 Å². The number of rotatable bonds is 1. The van der Waals surface area contributed by atoms with Gasteiger partial charge in [-0.15, -0.1) is 0 Å². The van der Waals surface area contributed by atoms with E-state index in [0.29, 0.717) is 11.1 Å². The van der Waals surface area contributed by atoms with E-state index in [1.54, 1.807) is 24.3 Å². The highest BCUT2D eigenvalue weighted by Gasteiger charge is 2.25. The highest BCUT2D eigenvalue weighted by molar-refractivity contribution is 5.79. The average molecular weight is 193 g/mol. The highest BCUT2D eigenvalue weighted by atomic mass is 19.1. The molecule has 2 rings (SSSR count). The van der Waals surface area contributed by atoms with Crippen molar-refractivity contribution in [1.82, 2.24) is 5.32 Å². The number of nitrogens with one attached hydrogen (secondary N) is 1. The van der Waals surface area contributed by atoms with E-state index in [1.807, 2.05) is 0 Å². The van der Waals surface area contributed by atoms with Crippen molar-refractivity contribution >= 4 is 12.0 Å². The minimum Gasteiger partial charge on any atom is -0.479 e. The van der Waals surface area contributed by atoms with Gasteiger partial charge in [-0.05, 0) is 17.2 Å². The van der Waals surface area contributed by atoms with Gasteiger partial charge in [0.2, 0.25) is 0 Å².